The second-order valence-electron chi connectivity index (χ2n) is 4.57. The van der Waals surface area contributed by atoms with Crippen molar-refractivity contribution in [3.05, 3.63) is 33.3 Å². The number of hydrogen-bond acceptors (Lipinski definition) is 4. The van der Waals surface area contributed by atoms with Crippen LogP contribution >= 0.6 is 11.3 Å². The second kappa shape index (κ2) is 5.07. The van der Waals surface area contributed by atoms with Gasteiger partial charge in [0, 0.05) is 15.8 Å². The van der Waals surface area contributed by atoms with Gasteiger partial charge in [-0.2, -0.15) is 5.10 Å². The van der Waals surface area contributed by atoms with Gasteiger partial charge in [-0.25, -0.2) is 13.1 Å². The first kappa shape index (κ1) is 14.2. The Kier molecular flexibility index (Phi) is 3.80. The minimum atomic E-state index is -3.54. The number of aryl methyl sites for hydroxylation is 3. The zero-order chi connectivity index (χ0) is 14.2. The van der Waals surface area contributed by atoms with Crippen molar-refractivity contribution < 1.29 is 8.42 Å². The highest BCUT2D eigenvalue weighted by Crippen LogP contribution is 2.27. The van der Waals surface area contributed by atoms with Gasteiger partial charge in [0.15, 0.2) is 0 Å². The highest BCUT2D eigenvalue weighted by atomic mass is 32.2. The number of rotatable bonds is 4. The van der Waals surface area contributed by atoms with Crippen LogP contribution in [-0.2, 0) is 10.0 Å². The fourth-order valence-electron chi connectivity index (χ4n) is 2.05. The number of nitrogens with zero attached hydrogens (tertiary/aromatic N) is 1. The molecular weight excluding hydrogens is 282 g/mol. The molecule has 0 amide bonds. The van der Waals surface area contributed by atoms with Gasteiger partial charge in [-0.3, -0.25) is 5.10 Å². The molecular formula is C12H17N3O2S2. The van der Waals surface area contributed by atoms with Gasteiger partial charge < -0.3 is 0 Å². The zero-order valence-electron chi connectivity index (χ0n) is 11.3. The van der Waals surface area contributed by atoms with E-state index in [1.54, 1.807) is 18.3 Å². The van der Waals surface area contributed by atoms with Gasteiger partial charge in [-0.1, -0.05) is 0 Å². The highest BCUT2D eigenvalue weighted by Gasteiger charge is 2.23. The van der Waals surface area contributed by atoms with Crippen molar-refractivity contribution in [3.8, 4) is 0 Å². The number of hydrogen-bond donors (Lipinski definition) is 2. The minimum Gasteiger partial charge on any atom is -0.281 e. The molecule has 0 aliphatic rings. The lowest BCUT2D eigenvalue weighted by molar-refractivity contribution is 0.566. The predicted octanol–water partition coefficient (Wildman–Crippen LogP) is 2.44. The summed E-state index contributed by atoms with van der Waals surface area (Å²) in [6, 6.07) is 1.76. The Labute approximate surface area is 117 Å². The topological polar surface area (TPSA) is 74.8 Å². The van der Waals surface area contributed by atoms with E-state index in [1.165, 1.54) is 11.1 Å². The van der Waals surface area contributed by atoms with Crippen LogP contribution in [0.3, 0.4) is 0 Å². The quantitative estimate of drug-likeness (QED) is 0.910. The smallest absolute Gasteiger partial charge is 0.244 e. The van der Waals surface area contributed by atoms with E-state index in [-0.39, 0.29) is 10.9 Å². The predicted molar refractivity (Wildman–Crippen MR) is 75.9 cm³/mol. The Morgan fingerprint density at radius 2 is 2.05 bits per heavy atom. The number of thiophene rings is 1. The molecule has 5 nitrogen and oxygen atoms in total. The van der Waals surface area contributed by atoms with E-state index in [4.69, 9.17) is 0 Å². The molecule has 0 spiro atoms. The van der Waals surface area contributed by atoms with Crippen molar-refractivity contribution in [1.82, 2.24) is 14.9 Å². The second-order valence-corrected chi connectivity index (χ2v) is 7.71. The molecule has 0 saturated carbocycles. The molecule has 2 aromatic heterocycles. The molecule has 0 radical (unpaired) electrons. The van der Waals surface area contributed by atoms with Crippen LogP contribution in [0.5, 0.6) is 0 Å². The number of sulfonamides is 1. The first-order valence-corrected chi connectivity index (χ1v) is 8.20. The third kappa shape index (κ3) is 2.88. The molecule has 0 fully saturated rings. The summed E-state index contributed by atoms with van der Waals surface area (Å²) in [6.45, 7) is 7.55. The SMILES string of the molecule is Cc1cc(C(C)NS(=O)(=O)c2cn[nH]c2C)c(C)s1. The Balaban J connectivity index is 2.26. The van der Waals surface area contributed by atoms with Gasteiger partial charge in [0.05, 0.1) is 11.9 Å². The lowest BCUT2D eigenvalue weighted by Gasteiger charge is -2.13. The zero-order valence-corrected chi connectivity index (χ0v) is 12.9. The van der Waals surface area contributed by atoms with E-state index in [0.717, 1.165) is 10.4 Å². The fourth-order valence-corrected chi connectivity index (χ4v) is 4.43. The lowest BCUT2D eigenvalue weighted by atomic mass is 10.1. The molecule has 2 aromatic rings. The van der Waals surface area contributed by atoms with Gasteiger partial charge in [-0.15, -0.1) is 11.3 Å². The van der Waals surface area contributed by atoms with E-state index in [0.29, 0.717) is 5.69 Å². The number of aromatic amines is 1. The normalized spacial score (nSPS) is 13.7. The molecule has 0 saturated heterocycles. The maximum atomic E-state index is 12.2. The molecule has 1 unspecified atom stereocenters. The van der Waals surface area contributed by atoms with Crippen molar-refractivity contribution in [2.45, 2.75) is 38.6 Å². The van der Waals surface area contributed by atoms with E-state index >= 15 is 0 Å². The monoisotopic (exact) mass is 299 g/mol. The third-order valence-electron chi connectivity index (χ3n) is 2.95. The molecule has 2 N–H and O–H groups in total. The maximum absolute atomic E-state index is 12.2. The first-order chi connectivity index (χ1) is 8.81. The molecule has 2 rings (SSSR count). The number of aromatic nitrogens is 2. The maximum Gasteiger partial charge on any atom is 0.244 e. The summed E-state index contributed by atoms with van der Waals surface area (Å²) in [5.74, 6) is 0. The molecule has 0 bridgehead atoms. The first-order valence-electron chi connectivity index (χ1n) is 5.90. The van der Waals surface area contributed by atoms with Gasteiger partial charge in [0.25, 0.3) is 0 Å². The summed E-state index contributed by atoms with van der Waals surface area (Å²) >= 11 is 1.67. The van der Waals surface area contributed by atoms with Gasteiger partial charge >= 0.3 is 0 Å². The average Bonchev–Trinajstić information content (AvgIpc) is 2.84. The number of nitrogens with one attached hydrogen (secondary N) is 2. The van der Waals surface area contributed by atoms with Crippen molar-refractivity contribution in [2.24, 2.45) is 0 Å². The average molecular weight is 299 g/mol. The van der Waals surface area contributed by atoms with Crippen molar-refractivity contribution in [3.63, 3.8) is 0 Å². The van der Waals surface area contributed by atoms with E-state index < -0.39 is 10.0 Å². The van der Waals surface area contributed by atoms with Crippen LogP contribution in [0.1, 0.15) is 34.0 Å². The fraction of sp³-hybridized carbons (Fsp3) is 0.417. The van der Waals surface area contributed by atoms with Gasteiger partial charge in [0.1, 0.15) is 4.90 Å². The van der Waals surface area contributed by atoms with E-state index in [1.807, 2.05) is 26.8 Å². The van der Waals surface area contributed by atoms with Crippen molar-refractivity contribution in [1.29, 1.82) is 0 Å². The third-order valence-corrected chi connectivity index (χ3v) is 5.59. The molecule has 0 aliphatic carbocycles. The summed E-state index contributed by atoms with van der Waals surface area (Å²) in [7, 11) is -3.54. The standard InChI is InChI=1S/C12H17N3O2S2/c1-7-5-11(10(4)18-7)8(2)15-19(16,17)12-6-13-14-9(12)3/h5-6,8,15H,1-4H3,(H,13,14). The summed E-state index contributed by atoms with van der Waals surface area (Å²) in [5.41, 5.74) is 1.56. The van der Waals surface area contributed by atoms with E-state index in [2.05, 4.69) is 14.9 Å². The molecule has 19 heavy (non-hydrogen) atoms. The summed E-state index contributed by atoms with van der Waals surface area (Å²) < 4.78 is 27.2. The number of H-pyrrole nitrogens is 1. The molecule has 0 aliphatic heterocycles. The molecule has 2 heterocycles. The summed E-state index contributed by atoms with van der Waals surface area (Å²) in [4.78, 5) is 2.51. The van der Waals surface area contributed by atoms with Crippen LogP contribution in [-0.4, -0.2) is 18.6 Å². The van der Waals surface area contributed by atoms with Crippen LogP contribution < -0.4 is 4.72 Å². The molecule has 0 aromatic carbocycles. The Morgan fingerprint density at radius 3 is 2.53 bits per heavy atom. The van der Waals surface area contributed by atoms with E-state index in [9.17, 15) is 8.42 Å². The highest BCUT2D eigenvalue weighted by molar-refractivity contribution is 7.89. The Bertz CT molecular complexity index is 686. The Morgan fingerprint density at radius 1 is 1.37 bits per heavy atom. The van der Waals surface area contributed by atoms with Crippen LogP contribution in [0.25, 0.3) is 0 Å². The van der Waals surface area contributed by atoms with Crippen molar-refractivity contribution >= 4 is 21.4 Å². The van der Waals surface area contributed by atoms with Crippen molar-refractivity contribution in [2.75, 3.05) is 0 Å². The Hall–Kier alpha value is -1.18. The molecule has 7 heteroatoms. The van der Waals surface area contributed by atoms with Crippen LogP contribution in [0.2, 0.25) is 0 Å². The molecule has 1 atom stereocenters. The van der Waals surface area contributed by atoms with Crippen LogP contribution in [0.4, 0.5) is 0 Å². The lowest BCUT2D eigenvalue weighted by Crippen LogP contribution is -2.27. The van der Waals surface area contributed by atoms with Crippen LogP contribution in [0.15, 0.2) is 17.2 Å². The minimum absolute atomic E-state index is 0.198. The van der Waals surface area contributed by atoms with Gasteiger partial charge in [0.2, 0.25) is 10.0 Å². The molecule has 104 valence electrons. The van der Waals surface area contributed by atoms with Crippen LogP contribution in [0, 0.1) is 20.8 Å². The largest absolute Gasteiger partial charge is 0.281 e. The summed E-state index contributed by atoms with van der Waals surface area (Å²) in [5, 5.41) is 6.38. The van der Waals surface area contributed by atoms with Gasteiger partial charge in [-0.05, 0) is 39.3 Å². The summed E-state index contributed by atoms with van der Waals surface area (Å²) in [6.07, 6.45) is 1.33.